The van der Waals surface area contributed by atoms with E-state index in [1.54, 1.807) is 88.4 Å². The van der Waals surface area contributed by atoms with E-state index in [2.05, 4.69) is 4.74 Å². The topological polar surface area (TPSA) is 166 Å². The minimum absolute atomic E-state index is 0.00205. The second kappa shape index (κ2) is 20.0. The van der Waals surface area contributed by atoms with E-state index in [9.17, 15) is 37.1 Å². The summed E-state index contributed by atoms with van der Waals surface area (Å²) in [6, 6.07) is 20.1. The minimum Gasteiger partial charge on any atom is -0.489 e. The zero-order valence-electron chi connectivity index (χ0n) is 37.5. The Morgan fingerprint density at radius 2 is 1.11 bits per heavy atom. The Balaban J connectivity index is 1.08. The summed E-state index contributed by atoms with van der Waals surface area (Å²) in [6.45, 7) is 6.70. The van der Waals surface area contributed by atoms with Crippen LogP contribution in [0.4, 0.5) is 22.8 Å². The summed E-state index contributed by atoms with van der Waals surface area (Å²) in [5.41, 5.74) is 1.30. The molecule has 0 aliphatic carbocycles. The molecule has 2 amide bonds. The number of amides is 2. The lowest BCUT2D eigenvalue weighted by Crippen LogP contribution is -2.49. The summed E-state index contributed by atoms with van der Waals surface area (Å²) in [7, 11) is 3.73. The number of methoxy groups -OCH3 is 3. The van der Waals surface area contributed by atoms with Gasteiger partial charge in [0.15, 0.2) is 12.1 Å². The summed E-state index contributed by atoms with van der Waals surface area (Å²) in [5, 5.41) is 0. The van der Waals surface area contributed by atoms with Crippen LogP contribution < -0.4 is 14.2 Å². The zero-order valence-corrected chi connectivity index (χ0v) is 37.5. The van der Waals surface area contributed by atoms with Crippen molar-refractivity contribution in [2.45, 2.75) is 89.8 Å². The van der Waals surface area contributed by atoms with Crippen LogP contribution in [0.1, 0.15) is 89.9 Å². The summed E-state index contributed by atoms with van der Waals surface area (Å²) in [6.07, 6.45) is -5.86. The predicted molar refractivity (Wildman–Crippen MR) is 229 cm³/mol. The Morgan fingerprint density at radius 1 is 0.621 bits per heavy atom. The molecule has 0 bridgehead atoms. The maximum absolute atomic E-state index is 13.9. The number of esters is 3. The summed E-state index contributed by atoms with van der Waals surface area (Å²) >= 11 is 0. The van der Waals surface area contributed by atoms with Gasteiger partial charge < -0.3 is 37.9 Å². The van der Waals surface area contributed by atoms with Gasteiger partial charge in [-0.15, -0.1) is 13.2 Å². The second-order valence-corrected chi connectivity index (χ2v) is 16.8. The minimum atomic E-state index is -4.88. The molecule has 2 aliphatic rings. The highest BCUT2D eigenvalue weighted by Crippen LogP contribution is 2.38. The maximum Gasteiger partial charge on any atom is 0.573 e. The molecule has 15 nitrogen and oxygen atoms in total. The smallest absolute Gasteiger partial charge is 0.489 e. The van der Waals surface area contributed by atoms with Gasteiger partial charge in [-0.3, -0.25) is 9.80 Å². The Kier molecular flexibility index (Phi) is 14.7. The number of nitrogens with zero attached hydrogens (tertiary/aromatic N) is 2. The van der Waals surface area contributed by atoms with Crippen molar-refractivity contribution in [3.8, 4) is 17.2 Å². The van der Waals surface area contributed by atoms with E-state index in [4.69, 9.17) is 33.2 Å². The van der Waals surface area contributed by atoms with Gasteiger partial charge in [-0.25, -0.2) is 24.0 Å². The standard InChI is InChI=1S/C48H51F3N2O13/c1-46(2,65-44(57)52-22-20-31-24-34(16-18-36(31)39(52)42(55)60-6)62-26-29-12-14-30(15-13-29)41(54)59-5)28-47(3,4)66-45(58)53-23-21-32-25-35(17-19-37(32)40(53)43(56)61-7)63-27-33-10-8-9-11-38(33)64-48(49,50)51/h8-19,24-25,39-40H,20-23,26-28H2,1-7H3/t39-,40-/m1/s1. The predicted octanol–water partition coefficient (Wildman–Crippen LogP) is 8.59. The molecule has 0 unspecified atom stereocenters. The molecule has 2 atom stereocenters. The van der Waals surface area contributed by atoms with Crippen LogP contribution in [-0.4, -0.2) is 91.9 Å². The molecule has 0 radical (unpaired) electrons. The third-order valence-corrected chi connectivity index (χ3v) is 11.0. The Morgan fingerprint density at radius 3 is 1.58 bits per heavy atom. The van der Waals surface area contributed by atoms with Crippen LogP contribution in [-0.2, 0) is 59.3 Å². The second-order valence-electron chi connectivity index (χ2n) is 16.8. The van der Waals surface area contributed by atoms with Crippen LogP contribution in [0.15, 0.2) is 84.9 Å². The Hall–Kier alpha value is -6.98. The molecule has 352 valence electrons. The number of halogens is 3. The third kappa shape index (κ3) is 11.8. The monoisotopic (exact) mass is 920 g/mol. The molecule has 2 heterocycles. The van der Waals surface area contributed by atoms with Gasteiger partial charge in [-0.2, -0.15) is 0 Å². The van der Waals surface area contributed by atoms with E-state index in [-0.39, 0.29) is 44.7 Å². The van der Waals surface area contributed by atoms with Crippen molar-refractivity contribution in [2.24, 2.45) is 0 Å². The largest absolute Gasteiger partial charge is 0.573 e. The number of carbonyl (C=O) groups is 5. The highest BCUT2D eigenvalue weighted by molar-refractivity contribution is 5.89. The molecule has 4 aromatic carbocycles. The summed E-state index contributed by atoms with van der Waals surface area (Å²) < 4.78 is 81.8. The molecule has 0 fully saturated rings. The number of para-hydroxylation sites is 1. The van der Waals surface area contributed by atoms with Gasteiger partial charge >= 0.3 is 36.5 Å². The Bertz CT molecular complexity index is 2440. The van der Waals surface area contributed by atoms with E-state index < -0.39 is 65.5 Å². The lowest BCUT2D eigenvalue weighted by molar-refractivity contribution is -0.275. The first-order valence-electron chi connectivity index (χ1n) is 20.9. The van der Waals surface area contributed by atoms with Crippen molar-refractivity contribution in [3.05, 3.63) is 124 Å². The van der Waals surface area contributed by atoms with Crippen molar-refractivity contribution < 1.29 is 75.0 Å². The van der Waals surface area contributed by atoms with Gasteiger partial charge in [0, 0.05) is 25.1 Å². The average Bonchev–Trinajstić information content (AvgIpc) is 3.27. The van der Waals surface area contributed by atoms with Crippen LogP contribution in [0.3, 0.4) is 0 Å². The van der Waals surface area contributed by atoms with E-state index in [0.29, 0.717) is 40.2 Å². The quantitative estimate of drug-likeness (QED) is 0.0873. The molecule has 18 heteroatoms. The molecular weight excluding hydrogens is 870 g/mol. The van der Waals surface area contributed by atoms with Crippen molar-refractivity contribution in [3.63, 3.8) is 0 Å². The lowest BCUT2D eigenvalue weighted by atomic mass is 9.91. The molecule has 0 saturated heterocycles. The molecule has 4 aromatic rings. The third-order valence-electron chi connectivity index (χ3n) is 11.0. The number of hydrogen-bond donors (Lipinski definition) is 0. The average molecular weight is 921 g/mol. The van der Waals surface area contributed by atoms with E-state index in [1.807, 2.05) is 0 Å². The molecular formula is C48H51F3N2O13. The lowest BCUT2D eigenvalue weighted by Gasteiger charge is -2.40. The van der Waals surface area contributed by atoms with Gasteiger partial charge in [-0.1, -0.05) is 42.5 Å². The molecule has 66 heavy (non-hydrogen) atoms. The first kappa shape index (κ1) is 48.5. The maximum atomic E-state index is 13.9. The fraction of sp³-hybridized carbons (Fsp3) is 0.396. The van der Waals surface area contributed by atoms with Crippen LogP contribution in [0.5, 0.6) is 17.2 Å². The normalized spacial score (nSPS) is 15.9. The summed E-state index contributed by atoms with van der Waals surface area (Å²) in [4.78, 5) is 68.6. The highest BCUT2D eigenvalue weighted by Gasteiger charge is 2.44. The number of fused-ring (bicyclic) bond motifs is 2. The van der Waals surface area contributed by atoms with E-state index >= 15 is 0 Å². The number of benzene rings is 4. The van der Waals surface area contributed by atoms with Crippen molar-refractivity contribution in [1.29, 1.82) is 0 Å². The molecule has 2 aliphatic heterocycles. The van der Waals surface area contributed by atoms with Crippen molar-refractivity contribution in [1.82, 2.24) is 9.80 Å². The van der Waals surface area contributed by atoms with Gasteiger partial charge in [-0.05, 0) is 111 Å². The van der Waals surface area contributed by atoms with E-state index in [0.717, 1.165) is 11.1 Å². The Labute approximate surface area is 379 Å². The summed E-state index contributed by atoms with van der Waals surface area (Å²) in [5.74, 6) is -1.39. The van der Waals surface area contributed by atoms with Gasteiger partial charge in [0.1, 0.15) is 41.7 Å². The number of alkyl halides is 3. The van der Waals surface area contributed by atoms with Gasteiger partial charge in [0.2, 0.25) is 0 Å². The van der Waals surface area contributed by atoms with Gasteiger partial charge in [0.25, 0.3) is 0 Å². The van der Waals surface area contributed by atoms with Crippen LogP contribution in [0, 0.1) is 0 Å². The van der Waals surface area contributed by atoms with Crippen LogP contribution >= 0.6 is 0 Å². The van der Waals surface area contributed by atoms with Crippen molar-refractivity contribution >= 4 is 30.1 Å². The SMILES string of the molecule is COC(=O)c1ccc(COc2ccc3c(c2)CCN(C(=O)OC(C)(C)CC(C)(C)OC(=O)N2CCc4cc(OCc5ccccc5OC(F)(F)F)ccc4[C@@H]2C(=O)OC)[C@H]3C(=O)OC)cc1. The van der Waals surface area contributed by atoms with Crippen molar-refractivity contribution in [2.75, 3.05) is 34.4 Å². The van der Waals surface area contributed by atoms with Gasteiger partial charge in [0.05, 0.1) is 26.9 Å². The molecule has 0 N–H and O–H groups in total. The molecule has 0 spiro atoms. The number of hydrogen-bond acceptors (Lipinski definition) is 13. The molecule has 0 aromatic heterocycles. The molecule has 0 saturated carbocycles. The van der Waals surface area contributed by atoms with Crippen LogP contribution in [0.2, 0.25) is 0 Å². The number of carbonyl (C=O) groups excluding carboxylic acids is 5. The molecule has 6 rings (SSSR count). The zero-order chi connectivity index (χ0) is 48.0. The first-order chi connectivity index (χ1) is 31.2. The van der Waals surface area contributed by atoms with Crippen LogP contribution in [0.25, 0.3) is 0 Å². The fourth-order valence-electron chi connectivity index (χ4n) is 8.23. The van der Waals surface area contributed by atoms with E-state index in [1.165, 1.54) is 55.4 Å². The first-order valence-corrected chi connectivity index (χ1v) is 20.9. The number of ether oxygens (including phenoxy) is 8. The number of rotatable bonds is 14. The fourth-order valence-corrected chi connectivity index (χ4v) is 8.23. The highest BCUT2D eigenvalue weighted by atomic mass is 19.4.